The third kappa shape index (κ3) is 3.01. The van der Waals surface area contributed by atoms with Crippen LogP contribution in [0.1, 0.15) is 56.9 Å². The number of rotatable bonds is 4. The zero-order chi connectivity index (χ0) is 17.5. The van der Waals surface area contributed by atoms with Gasteiger partial charge < -0.3 is 4.90 Å². The van der Waals surface area contributed by atoms with Gasteiger partial charge in [-0.05, 0) is 69.5 Å². The normalized spacial score (nSPS) is 33.2. The van der Waals surface area contributed by atoms with Crippen molar-refractivity contribution in [2.45, 2.75) is 56.9 Å². The van der Waals surface area contributed by atoms with Crippen LogP contribution in [0.15, 0.2) is 30.3 Å². The summed E-state index contributed by atoms with van der Waals surface area (Å²) in [4.78, 5) is 17.2. The minimum atomic E-state index is 0.136. The Morgan fingerprint density at radius 2 is 1.76 bits per heavy atom. The van der Waals surface area contributed by atoms with E-state index >= 15 is 0 Å². The van der Waals surface area contributed by atoms with E-state index in [4.69, 9.17) is 0 Å². The molecule has 136 valence electrons. The van der Waals surface area contributed by atoms with Gasteiger partial charge in [-0.15, -0.1) is 0 Å². The molecule has 1 aliphatic heterocycles. The Labute approximate surface area is 152 Å². The van der Waals surface area contributed by atoms with Gasteiger partial charge in [-0.1, -0.05) is 36.8 Å². The molecule has 0 aromatic heterocycles. The Morgan fingerprint density at radius 3 is 2.32 bits per heavy atom. The molecule has 0 radical (unpaired) electrons. The standard InChI is InChI=1S/C22H32N2O/c1-23(2)22(19-9-4-3-5-10-19)13-11-21(12-14-22)15-20(25)24(17-21)16-18-7-6-8-18/h3-5,9-10,18H,6-8,11-17H2,1-2H3. The molecule has 1 heterocycles. The first-order chi connectivity index (χ1) is 12.0. The van der Waals surface area contributed by atoms with Crippen LogP contribution in [0.25, 0.3) is 0 Å². The van der Waals surface area contributed by atoms with E-state index in [0.29, 0.717) is 5.91 Å². The van der Waals surface area contributed by atoms with Crippen molar-refractivity contribution >= 4 is 5.91 Å². The molecule has 0 unspecified atom stereocenters. The van der Waals surface area contributed by atoms with Crippen LogP contribution >= 0.6 is 0 Å². The molecule has 4 rings (SSSR count). The van der Waals surface area contributed by atoms with Crippen molar-refractivity contribution in [1.29, 1.82) is 0 Å². The van der Waals surface area contributed by atoms with Crippen molar-refractivity contribution in [3.8, 4) is 0 Å². The molecule has 2 saturated carbocycles. The molecule has 0 atom stereocenters. The van der Waals surface area contributed by atoms with E-state index in [1.54, 1.807) is 0 Å². The first-order valence-electron chi connectivity index (χ1n) is 10.0. The SMILES string of the molecule is CN(C)C1(c2ccccc2)CCC2(CC1)CC(=O)N(CC1CCC1)C2. The molecule has 1 amide bonds. The van der Waals surface area contributed by atoms with E-state index in [1.165, 1.54) is 37.7 Å². The summed E-state index contributed by atoms with van der Waals surface area (Å²) >= 11 is 0. The van der Waals surface area contributed by atoms with Gasteiger partial charge in [0.05, 0.1) is 0 Å². The van der Waals surface area contributed by atoms with Gasteiger partial charge in [0.25, 0.3) is 0 Å². The Balaban J connectivity index is 1.47. The molecular formula is C22H32N2O. The Hall–Kier alpha value is -1.35. The fourth-order valence-corrected chi connectivity index (χ4v) is 5.41. The maximum Gasteiger partial charge on any atom is 0.223 e. The monoisotopic (exact) mass is 340 g/mol. The lowest BCUT2D eigenvalue weighted by Crippen LogP contribution is -2.47. The van der Waals surface area contributed by atoms with Crippen LogP contribution < -0.4 is 0 Å². The third-order valence-electron chi connectivity index (χ3n) is 7.41. The maximum atomic E-state index is 12.6. The lowest BCUT2D eigenvalue weighted by atomic mass is 9.64. The van der Waals surface area contributed by atoms with Gasteiger partial charge >= 0.3 is 0 Å². The van der Waals surface area contributed by atoms with Crippen LogP contribution in [0.4, 0.5) is 0 Å². The summed E-state index contributed by atoms with van der Waals surface area (Å²) in [5, 5.41) is 0. The van der Waals surface area contributed by atoms with E-state index in [9.17, 15) is 4.79 Å². The molecule has 0 bridgehead atoms. The van der Waals surface area contributed by atoms with Crippen LogP contribution in [0.3, 0.4) is 0 Å². The van der Waals surface area contributed by atoms with E-state index in [-0.39, 0.29) is 11.0 Å². The molecule has 3 heteroatoms. The summed E-state index contributed by atoms with van der Waals surface area (Å²) in [7, 11) is 4.43. The molecular weight excluding hydrogens is 308 g/mol. The smallest absolute Gasteiger partial charge is 0.223 e. The van der Waals surface area contributed by atoms with Gasteiger partial charge in [0, 0.05) is 25.0 Å². The van der Waals surface area contributed by atoms with Gasteiger partial charge in [-0.3, -0.25) is 9.69 Å². The molecule has 1 saturated heterocycles. The number of nitrogens with zero attached hydrogens (tertiary/aromatic N) is 2. The number of carbonyl (C=O) groups excluding carboxylic acids is 1. The second-order valence-corrected chi connectivity index (χ2v) is 9.04. The van der Waals surface area contributed by atoms with Crippen molar-refractivity contribution in [3.63, 3.8) is 0 Å². The molecule has 1 aromatic rings. The topological polar surface area (TPSA) is 23.6 Å². The fraction of sp³-hybridized carbons (Fsp3) is 0.682. The third-order valence-corrected chi connectivity index (χ3v) is 7.41. The summed E-state index contributed by atoms with van der Waals surface area (Å²) in [6.45, 7) is 2.04. The number of carbonyl (C=O) groups is 1. The van der Waals surface area contributed by atoms with Gasteiger partial charge in [0.2, 0.25) is 5.91 Å². The van der Waals surface area contributed by atoms with Crippen molar-refractivity contribution in [2.24, 2.45) is 11.3 Å². The maximum absolute atomic E-state index is 12.6. The summed E-state index contributed by atoms with van der Waals surface area (Å²) < 4.78 is 0. The predicted molar refractivity (Wildman–Crippen MR) is 101 cm³/mol. The average molecular weight is 341 g/mol. The number of amides is 1. The zero-order valence-corrected chi connectivity index (χ0v) is 15.8. The summed E-state index contributed by atoms with van der Waals surface area (Å²) in [6, 6.07) is 11.0. The molecule has 2 aliphatic carbocycles. The molecule has 25 heavy (non-hydrogen) atoms. The second kappa shape index (κ2) is 6.42. The van der Waals surface area contributed by atoms with Crippen molar-refractivity contribution in [2.75, 3.05) is 27.2 Å². The molecule has 3 aliphatic rings. The minimum Gasteiger partial charge on any atom is -0.342 e. The molecule has 1 spiro atoms. The predicted octanol–water partition coefficient (Wildman–Crippen LogP) is 4.04. The lowest BCUT2D eigenvalue weighted by Gasteiger charge is -2.49. The summed E-state index contributed by atoms with van der Waals surface area (Å²) in [5.41, 5.74) is 1.82. The molecule has 3 nitrogen and oxygen atoms in total. The number of hydrogen-bond donors (Lipinski definition) is 0. The first-order valence-corrected chi connectivity index (χ1v) is 10.0. The van der Waals surface area contributed by atoms with Crippen LogP contribution in [0, 0.1) is 11.3 Å². The summed E-state index contributed by atoms with van der Waals surface area (Å²) in [5.74, 6) is 1.21. The van der Waals surface area contributed by atoms with Crippen LogP contribution in [-0.2, 0) is 10.3 Å². The van der Waals surface area contributed by atoms with E-state index in [0.717, 1.165) is 38.3 Å². The minimum absolute atomic E-state index is 0.136. The van der Waals surface area contributed by atoms with E-state index in [2.05, 4.69) is 54.2 Å². The van der Waals surface area contributed by atoms with E-state index < -0.39 is 0 Å². The van der Waals surface area contributed by atoms with Crippen molar-refractivity contribution in [1.82, 2.24) is 9.80 Å². The summed E-state index contributed by atoms with van der Waals surface area (Å²) in [6.07, 6.45) is 9.48. The first kappa shape index (κ1) is 17.1. The molecule has 0 N–H and O–H groups in total. The van der Waals surface area contributed by atoms with Crippen molar-refractivity contribution < 1.29 is 4.79 Å². The Kier molecular flexibility index (Phi) is 4.39. The zero-order valence-electron chi connectivity index (χ0n) is 15.8. The van der Waals surface area contributed by atoms with Gasteiger partial charge in [-0.25, -0.2) is 0 Å². The second-order valence-electron chi connectivity index (χ2n) is 9.04. The van der Waals surface area contributed by atoms with Gasteiger partial charge in [0.15, 0.2) is 0 Å². The highest BCUT2D eigenvalue weighted by Crippen LogP contribution is 2.52. The Morgan fingerprint density at radius 1 is 1.08 bits per heavy atom. The highest BCUT2D eigenvalue weighted by atomic mass is 16.2. The van der Waals surface area contributed by atoms with Crippen LogP contribution in [0.2, 0.25) is 0 Å². The largest absolute Gasteiger partial charge is 0.342 e. The molecule has 1 aromatic carbocycles. The number of likely N-dealkylation sites (tertiary alicyclic amines) is 1. The average Bonchev–Trinajstić information content (AvgIpc) is 2.88. The van der Waals surface area contributed by atoms with Gasteiger partial charge in [0.1, 0.15) is 0 Å². The highest BCUT2D eigenvalue weighted by Gasteiger charge is 2.50. The number of hydrogen-bond acceptors (Lipinski definition) is 2. The quantitative estimate of drug-likeness (QED) is 0.826. The van der Waals surface area contributed by atoms with E-state index in [1.807, 2.05) is 0 Å². The lowest BCUT2D eigenvalue weighted by molar-refractivity contribution is -0.128. The van der Waals surface area contributed by atoms with Gasteiger partial charge in [-0.2, -0.15) is 0 Å². The van der Waals surface area contributed by atoms with Crippen molar-refractivity contribution in [3.05, 3.63) is 35.9 Å². The Bertz CT molecular complexity index is 612. The number of benzene rings is 1. The molecule has 3 fully saturated rings. The fourth-order valence-electron chi connectivity index (χ4n) is 5.41. The highest BCUT2D eigenvalue weighted by molar-refractivity contribution is 5.79. The van der Waals surface area contributed by atoms with Crippen LogP contribution in [0.5, 0.6) is 0 Å². The van der Waals surface area contributed by atoms with Crippen LogP contribution in [-0.4, -0.2) is 42.9 Å².